The molecule has 1 amide bonds. The van der Waals surface area contributed by atoms with Crippen LogP contribution < -0.4 is 5.32 Å². The quantitative estimate of drug-likeness (QED) is 0.598. The first-order valence-corrected chi connectivity index (χ1v) is 7.81. The van der Waals surface area contributed by atoms with Gasteiger partial charge in [-0.1, -0.05) is 18.2 Å². The number of hydrogen-bond donors (Lipinski definition) is 2. The molecule has 0 saturated carbocycles. The van der Waals surface area contributed by atoms with Crippen molar-refractivity contribution in [2.75, 3.05) is 0 Å². The molecule has 0 aliphatic heterocycles. The van der Waals surface area contributed by atoms with Crippen molar-refractivity contribution in [3.63, 3.8) is 0 Å². The molecule has 25 heavy (non-hydrogen) atoms. The minimum absolute atomic E-state index is 0.165. The number of aryl methyl sites for hydroxylation is 1. The maximum absolute atomic E-state index is 12.3. The molecule has 4 rings (SSSR count). The molecule has 2 heterocycles. The second kappa shape index (κ2) is 6.20. The normalized spacial score (nSPS) is 10.9. The summed E-state index contributed by atoms with van der Waals surface area (Å²) in [4.78, 5) is 19.7. The van der Waals surface area contributed by atoms with Crippen LogP contribution in [0.5, 0.6) is 0 Å². The minimum Gasteiger partial charge on any atom is -0.419 e. The molecule has 0 aliphatic rings. The van der Waals surface area contributed by atoms with Crippen LogP contribution in [-0.2, 0) is 6.54 Å². The average Bonchev–Trinajstić information content (AvgIpc) is 3.25. The van der Waals surface area contributed by atoms with Crippen molar-refractivity contribution in [1.82, 2.24) is 25.5 Å². The summed E-state index contributed by atoms with van der Waals surface area (Å²) in [6.07, 6.45) is 0. The van der Waals surface area contributed by atoms with Gasteiger partial charge in [-0.05, 0) is 37.3 Å². The van der Waals surface area contributed by atoms with Gasteiger partial charge in [0.25, 0.3) is 5.91 Å². The van der Waals surface area contributed by atoms with Crippen molar-refractivity contribution in [2.24, 2.45) is 0 Å². The topological polar surface area (TPSA) is 96.7 Å². The Hall–Kier alpha value is -3.48. The van der Waals surface area contributed by atoms with E-state index < -0.39 is 0 Å². The highest BCUT2D eigenvalue weighted by Crippen LogP contribution is 2.17. The van der Waals surface area contributed by atoms with Crippen LogP contribution in [0, 0.1) is 6.92 Å². The van der Waals surface area contributed by atoms with Gasteiger partial charge in [0.05, 0.1) is 17.6 Å². The number of hydrogen-bond acceptors (Lipinski definition) is 5. The first-order chi connectivity index (χ1) is 12.2. The maximum atomic E-state index is 12.3. The molecule has 2 N–H and O–H groups in total. The van der Waals surface area contributed by atoms with Crippen molar-refractivity contribution < 1.29 is 9.21 Å². The number of nitrogens with zero attached hydrogens (tertiary/aromatic N) is 3. The SMILES string of the molecule is Cc1nc2ccc(C(=O)NCc3nnc(-c4ccccc4)o3)cc2[nH]1. The number of benzene rings is 2. The fourth-order valence-corrected chi connectivity index (χ4v) is 2.56. The number of imidazole rings is 1. The van der Waals surface area contributed by atoms with Gasteiger partial charge in [0.15, 0.2) is 0 Å². The molecular formula is C18H15N5O2. The second-order valence-electron chi connectivity index (χ2n) is 5.60. The number of aromatic amines is 1. The number of amides is 1. The Labute approximate surface area is 143 Å². The van der Waals surface area contributed by atoms with Gasteiger partial charge in [0.1, 0.15) is 5.82 Å². The number of carbonyl (C=O) groups is 1. The molecule has 0 saturated heterocycles. The third-order valence-corrected chi connectivity index (χ3v) is 3.75. The summed E-state index contributed by atoms with van der Waals surface area (Å²) in [6, 6.07) is 14.8. The summed E-state index contributed by atoms with van der Waals surface area (Å²) < 4.78 is 5.58. The van der Waals surface area contributed by atoms with E-state index >= 15 is 0 Å². The number of carbonyl (C=O) groups excluding carboxylic acids is 1. The monoisotopic (exact) mass is 333 g/mol. The second-order valence-corrected chi connectivity index (χ2v) is 5.60. The fourth-order valence-electron chi connectivity index (χ4n) is 2.56. The van der Waals surface area contributed by atoms with Gasteiger partial charge in [-0.15, -0.1) is 10.2 Å². The molecule has 0 spiro atoms. The van der Waals surface area contributed by atoms with Gasteiger partial charge in [-0.3, -0.25) is 4.79 Å². The highest BCUT2D eigenvalue weighted by atomic mass is 16.4. The van der Waals surface area contributed by atoms with Crippen LogP contribution >= 0.6 is 0 Å². The molecule has 0 fully saturated rings. The van der Waals surface area contributed by atoms with Crippen molar-refractivity contribution >= 4 is 16.9 Å². The lowest BCUT2D eigenvalue weighted by Crippen LogP contribution is -2.22. The zero-order valence-electron chi connectivity index (χ0n) is 13.5. The zero-order chi connectivity index (χ0) is 17.2. The molecule has 7 nitrogen and oxygen atoms in total. The fraction of sp³-hybridized carbons (Fsp3) is 0.111. The van der Waals surface area contributed by atoms with E-state index in [4.69, 9.17) is 4.42 Å². The van der Waals surface area contributed by atoms with E-state index in [1.165, 1.54) is 0 Å². The van der Waals surface area contributed by atoms with E-state index in [-0.39, 0.29) is 12.5 Å². The van der Waals surface area contributed by atoms with Gasteiger partial charge in [0, 0.05) is 11.1 Å². The van der Waals surface area contributed by atoms with E-state index in [9.17, 15) is 4.79 Å². The van der Waals surface area contributed by atoms with Crippen molar-refractivity contribution in [2.45, 2.75) is 13.5 Å². The number of nitrogens with one attached hydrogen (secondary N) is 2. The molecule has 7 heteroatoms. The Balaban J connectivity index is 1.45. The predicted molar refractivity (Wildman–Crippen MR) is 91.7 cm³/mol. The third-order valence-electron chi connectivity index (χ3n) is 3.75. The summed E-state index contributed by atoms with van der Waals surface area (Å²) in [5, 5.41) is 10.7. The van der Waals surface area contributed by atoms with E-state index in [0.29, 0.717) is 17.3 Å². The van der Waals surface area contributed by atoms with Gasteiger partial charge >= 0.3 is 0 Å². The minimum atomic E-state index is -0.214. The molecule has 0 bridgehead atoms. The molecule has 2 aromatic heterocycles. The smallest absolute Gasteiger partial charge is 0.251 e. The summed E-state index contributed by atoms with van der Waals surface area (Å²) in [7, 11) is 0. The highest BCUT2D eigenvalue weighted by molar-refractivity contribution is 5.97. The number of aromatic nitrogens is 4. The van der Waals surface area contributed by atoms with Gasteiger partial charge in [-0.25, -0.2) is 4.98 Å². The standard InChI is InChI=1S/C18H15N5O2/c1-11-20-14-8-7-13(9-15(14)21-11)17(24)19-10-16-22-23-18(25-16)12-5-3-2-4-6-12/h2-9H,10H2,1H3,(H,19,24)(H,20,21). The van der Waals surface area contributed by atoms with E-state index in [2.05, 4.69) is 25.5 Å². The molecule has 4 aromatic rings. The van der Waals surface area contributed by atoms with Crippen LogP contribution in [0.4, 0.5) is 0 Å². The lowest BCUT2D eigenvalue weighted by molar-refractivity contribution is 0.0947. The lowest BCUT2D eigenvalue weighted by Gasteiger charge is -2.02. The Morgan fingerprint density at radius 2 is 2.00 bits per heavy atom. The molecule has 0 radical (unpaired) electrons. The average molecular weight is 333 g/mol. The highest BCUT2D eigenvalue weighted by Gasteiger charge is 2.11. The summed E-state index contributed by atoms with van der Waals surface area (Å²) in [6.45, 7) is 2.04. The van der Waals surface area contributed by atoms with E-state index in [0.717, 1.165) is 22.4 Å². The van der Waals surface area contributed by atoms with Crippen LogP contribution in [0.2, 0.25) is 0 Å². The lowest BCUT2D eigenvalue weighted by atomic mass is 10.2. The molecule has 124 valence electrons. The first-order valence-electron chi connectivity index (χ1n) is 7.81. The largest absolute Gasteiger partial charge is 0.419 e. The van der Waals surface area contributed by atoms with Crippen LogP contribution in [0.1, 0.15) is 22.1 Å². The van der Waals surface area contributed by atoms with Crippen molar-refractivity contribution in [1.29, 1.82) is 0 Å². The zero-order valence-corrected chi connectivity index (χ0v) is 13.5. The van der Waals surface area contributed by atoms with Gasteiger partial charge < -0.3 is 14.7 Å². The van der Waals surface area contributed by atoms with Gasteiger partial charge in [0.2, 0.25) is 11.8 Å². The molecule has 0 aliphatic carbocycles. The van der Waals surface area contributed by atoms with Crippen LogP contribution in [0.3, 0.4) is 0 Å². The molecule has 0 unspecified atom stereocenters. The summed E-state index contributed by atoms with van der Waals surface area (Å²) in [5.41, 5.74) is 3.04. The number of fused-ring (bicyclic) bond motifs is 1. The maximum Gasteiger partial charge on any atom is 0.251 e. The number of H-pyrrole nitrogens is 1. The number of rotatable bonds is 4. The molecule has 2 aromatic carbocycles. The Kier molecular flexibility index (Phi) is 3.74. The summed E-state index contributed by atoms with van der Waals surface area (Å²) >= 11 is 0. The van der Waals surface area contributed by atoms with E-state index in [1.54, 1.807) is 12.1 Å². The Morgan fingerprint density at radius 1 is 1.16 bits per heavy atom. The Morgan fingerprint density at radius 3 is 2.84 bits per heavy atom. The molecular weight excluding hydrogens is 318 g/mol. The van der Waals surface area contributed by atoms with E-state index in [1.807, 2.05) is 43.3 Å². The predicted octanol–water partition coefficient (Wildman–Crippen LogP) is 2.85. The van der Waals surface area contributed by atoms with Crippen LogP contribution in [-0.4, -0.2) is 26.1 Å². The van der Waals surface area contributed by atoms with Crippen LogP contribution in [0.15, 0.2) is 52.9 Å². The Bertz CT molecular complexity index is 1040. The van der Waals surface area contributed by atoms with Crippen molar-refractivity contribution in [3.8, 4) is 11.5 Å². The first kappa shape index (κ1) is 15.1. The van der Waals surface area contributed by atoms with Crippen LogP contribution in [0.25, 0.3) is 22.5 Å². The summed E-state index contributed by atoms with van der Waals surface area (Å²) in [5.74, 6) is 1.38. The third kappa shape index (κ3) is 3.12. The molecule has 0 atom stereocenters. The van der Waals surface area contributed by atoms with Crippen molar-refractivity contribution in [3.05, 3.63) is 65.8 Å². The van der Waals surface area contributed by atoms with Gasteiger partial charge in [-0.2, -0.15) is 0 Å².